The van der Waals surface area contributed by atoms with Crippen molar-refractivity contribution in [2.45, 2.75) is 75.7 Å². The Hall–Kier alpha value is -3.91. The number of piperidine rings is 1. The van der Waals surface area contributed by atoms with E-state index < -0.39 is 24.9 Å². The predicted octanol–water partition coefficient (Wildman–Crippen LogP) is 5.57. The van der Waals surface area contributed by atoms with Gasteiger partial charge in [0, 0.05) is 49.7 Å². The molecule has 2 aliphatic rings. The number of hydrogen-bond donors (Lipinski definition) is 2. The smallest absolute Gasteiger partial charge is 0.379 e. The first kappa shape index (κ1) is 31.1. The number of aromatic nitrogens is 4. The van der Waals surface area contributed by atoms with Crippen LogP contribution < -0.4 is 10.6 Å². The molecule has 1 aliphatic carbocycles. The van der Waals surface area contributed by atoms with Crippen molar-refractivity contribution in [1.29, 1.82) is 0 Å². The third-order valence-corrected chi connectivity index (χ3v) is 9.03. The topological polar surface area (TPSA) is 102 Å². The summed E-state index contributed by atoms with van der Waals surface area (Å²) in [5.41, 5.74) is 1.20. The fraction of sp³-hybridized carbons (Fsp3) is 0.516. The number of ether oxygens (including phenoxy) is 1. The van der Waals surface area contributed by atoms with Crippen LogP contribution in [0.5, 0.6) is 0 Å². The Kier molecular flexibility index (Phi) is 8.37. The molecule has 2 fully saturated rings. The molecule has 0 radical (unpaired) electrons. The second-order valence-corrected chi connectivity index (χ2v) is 12.4. The van der Waals surface area contributed by atoms with E-state index in [-0.39, 0.29) is 48.0 Å². The van der Waals surface area contributed by atoms with E-state index in [9.17, 15) is 22.4 Å². The van der Waals surface area contributed by atoms with Gasteiger partial charge in [-0.25, -0.2) is 4.39 Å². The standard InChI is InChI=1S/C31H37F4N7O3/c1-30(44-3)10-7-20(14-30)41-12-8-19(16-41)29(43)36-15-27-38-28(39-45-27)26-13-21-23(37-24-9-11-40(2)17-22(24)32)5-4-6-25(21)42(26)18-31(33,34)35/h4-6,8,12-13,16,20,22,24,37H,7,9-11,14-15,17-18H2,1-3H3,(H,36,43)/t20-,22+,24-,30-/m1/s1. The molecule has 0 spiro atoms. The highest BCUT2D eigenvalue weighted by Crippen LogP contribution is 2.40. The monoisotopic (exact) mass is 631 g/mol. The summed E-state index contributed by atoms with van der Waals surface area (Å²) in [6, 6.07) is 7.98. The number of anilines is 1. The van der Waals surface area contributed by atoms with E-state index in [2.05, 4.69) is 27.7 Å². The predicted molar refractivity (Wildman–Crippen MR) is 160 cm³/mol. The molecule has 4 aromatic rings. The Bertz CT molecular complexity index is 1660. The largest absolute Gasteiger partial charge is 0.406 e. The van der Waals surface area contributed by atoms with Gasteiger partial charge in [-0.15, -0.1) is 0 Å². The molecule has 1 saturated carbocycles. The van der Waals surface area contributed by atoms with Crippen molar-refractivity contribution in [2.75, 3.05) is 32.6 Å². The molecule has 14 heteroatoms. The summed E-state index contributed by atoms with van der Waals surface area (Å²) < 4.78 is 70.0. The Morgan fingerprint density at radius 1 is 1.24 bits per heavy atom. The van der Waals surface area contributed by atoms with Gasteiger partial charge in [0.2, 0.25) is 11.7 Å². The maximum atomic E-state index is 14.8. The van der Waals surface area contributed by atoms with Crippen molar-refractivity contribution in [3.8, 4) is 11.5 Å². The van der Waals surface area contributed by atoms with Crippen molar-refractivity contribution in [3.05, 3.63) is 54.2 Å². The minimum Gasteiger partial charge on any atom is -0.379 e. The maximum Gasteiger partial charge on any atom is 0.406 e. The molecule has 1 saturated heterocycles. The van der Waals surface area contributed by atoms with Gasteiger partial charge in [0.1, 0.15) is 12.7 Å². The van der Waals surface area contributed by atoms with Crippen LogP contribution in [0, 0.1) is 0 Å². The third kappa shape index (κ3) is 6.71. The summed E-state index contributed by atoms with van der Waals surface area (Å²) in [4.78, 5) is 19.1. The number of rotatable bonds is 9. The first-order valence-corrected chi connectivity index (χ1v) is 15.0. The summed E-state index contributed by atoms with van der Waals surface area (Å²) in [5, 5.41) is 10.4. The third-order valence-electron chi connectivity index (χ3n) is 9.03. The Morgan fingerprint density at radius 2 is 2.07 bits per heavy atom. The normalized spacial score (nSPS) is 24.4. The molecule has 1 aliphatic heterocycles. The van der Waals surface area contributed by atoms with Gasteiger partial charge in [0.05, 0.1) is 35.0 Å². The van der Waals surface area contributed by atoms with Crippen LogP contribution >= 0.6 is 0 Å². The second kappa shape index (κ2) is 12.1. The minimum atomic E-state index is -4.53. The van der Waals surface area contributed by atoms with Gasteiger partial charge in [0.15, 0.2) is 0 Å². The van der Waals surface area contributed by atoms with Crippen LogP contribution in [0.15, 0.2) is 47.2 Å². The summed E-state index contributed by atoms with van der Waals surface area (Å²) in [7, 11) is 3.56. The van der Waals surface area contributed by atoms with Crippen LogP contribution in [0.3, 0.4) is 0 Å². The van der Waals surface area contributed by atoms with Crippen LogP contribution in [0.25, 0.3) is 22.4 Å². The van der Waals surface area contributed by atoms with Gasteiger partial charge in [-0.1, -0.05) is 11.2 Å². The number of likely N-dealkylation sites (tertiary alicyclic amines) is 1. The quantitative estimate of drug-likeness (QED) is 0.233. The van der Waals surface area contributed by atoms with E-state index in [0.717, 1.165) is 23.8 Å². The number of alkyl halides is 4. The zero-order valence-electron chi connectivity index (χ0n) is 25.4. The van der Waals surface area contributed by atoms with Gasteiger partial charge >= 0.3 is 6.18 Å². The molecule has 2 N–H and O–H groups in total. The van der Waals surface area contributed by atoms with Crippen LogP contribution in [0.2, 0.25) is 0 Å². The van der Waals surface area contributed by atoms with Gasteiger partial charge < -0.3 is 33.9 Å². The molecule has 45 heavy (non-hydrogen) atoms. The zero-order chi connectivity index (χ0) is 31.9. The van der Waals surface area contributed by atoms with E-state index in [4.69, 9.17) is 9.26 Å². The number of carbonyl (C=O) groups is 1. The highest BCUT2D eigenvalue weighted by atomic mass is 19.4. The van der Waals surface area contributed by atoms with Gasteiger partial charge in [-0.2, -0.15) is 18.2 Å². The first-order chi connectivity index (χ1) is 21.4. The summed E-state index contributed by atoms with van der Waals surface area (Å²) in [6.45, 7) is 1.67. The number of methoxy groups -OCH3 is 1. The highest BCUT2D eigenvalue weighted by Gasteiger charge is 2.36. The molecule has 3 aromatic heterocycles. The molecule has 1 aromatic carbocycles. The van der Waals surface area contributed by atoms with Crippen molar-refractivity contribution in [2.24, 2.45) is 0 Å². The maximum absolute atomic E-state index is 14.8. The van der Waals surface area contributed by atoms with Crippen LogP contribution in [-0.4, -0.2) is 81.3 Å². The lowest BCUT2D eigenvalue weighted by Crippen LogP contribution is -2.46. The second-order valence-electron chi connectivity index (χ2n) is 12.4. The number of nitrogens with one attached hydrogen (secondary N) is 2. The number of amides is 1. The fourth-order valence-electron chi connectivity index (χ4n) is 6.44. The first-order valence-electron chi connectivity index (χ1n) is 15.0. The lowest BCUT2D eigenvalue weighted by atomic mass is 10.0. The lowest BCUT2D eigenvalue weighted by Gasteiger charge is -2.33. The van der Waals surface area contributed by atoms with Crippen molar-refractivity contribution < 1.29 is 31.6 Å². The SMILES string of the molecule is CO[C@]1(C)CC[C@@H](n2ccc(C(=O)NCc3nc(-c4cc5c(N[C@@H]6CCN(C)C[C@@H]6F)cccc5n4CC(F)(F)F)no3)c2)C1. The van der Waals surface area contributed by atoms with Gasteiger partial charge in [-0.3, -0.25) is 4.79 Å². The summed E-state index contributed by atoms with van der Waals surface area (Å²) in [5.74, 6) is -0.358. The van der Waals surface area contributed by atoms with E-state index in [0.29, 0.717) is 35.1 Å². The molecule has 4 atom stereocenters. The van der Waals surface area contributed by atoms with Gasteiger partial charge in [-0.05, 0) is 63.9 Å². The number of fused-ring (bicyclic) bond motifs is 1. The van der Waals surface area contributed by atoms with E-state index in [1.807, 2.05) is 22.7 Å². The lowest BCUT2D eigenvalue weighted by molar-refractivity contribution is -0.139. The Labute approximate surface area is 257 Å². The van der Waals surface area contributed by atoms with E-state index in [1.165, 1.54) is 0 Å². The number of hydrogen-bond acceptors (Lipinski definition) is 7. The molecule has 6 rings (SSSR count). The fourth-order valence-corrected chi connectivity index (χ4v) is 6.44. The zero-order valence-corrected chi connectivity index (χ0v) is 25.4. The van der Waals surface area contributed by atoms with Crippen molar-refractivity contribution >= 4 is 22.5 Å². The van der Waals surface area contributed by atoms with Crippen LogP contribution in [0.1, 0.15) is 54.9 Å². The van der Waals surface area contributed by atoms with Gasteiger partial charge in [0.25, 0.3) is 5.91 Å². The summed E-state index contributed by atoms with van der Waals surface area (Å²) >= 11 is 0. The summed E-state index contributed by atoms with van der Waals surface area (Å²) in [6.07, 6.45) is 1.29. The molecule has 10 nitrogen and oxygen atoms in total. The van der Waals surface area contributed by atoms with Crippen molar-refractivity contribution in [1.82, 2.24) is 29.5 Å². The van der Waals surface area contributed by atoms with Crippen molar-refractivity contribution in [3.63, 3.8) is 0 Å². The number of halogens is 4. The Balaban J connectivity index is 1.19. The average molecular weight is 632 g/mol. The number of benzene rings is 1. The van der Waals surface area contributed by atoms with Crippen LogP contribution in [-0.2, 0) is 17.8 Å². The van der Waals surface area contributed by atoms with Crippen LogP contribution in [0.4, 0.5) is 23.2 Å². The number of carbonyl (C=O) groups excluding carboxylic acids is 1. The molecule has 1 amide bonds. The van der Waals surface area contributed by atoms with E-state index in [1.54, 1.807) is 43.6 Å². The van der Waals surface area contributed by atoms with E-state index >= 15 is 0 Å². The molecular weight excluding hydrogens is 594 g/mol. The number of nitrogens with zero attached hydrogens (tertiary/aromatic N) is 5. The average Bonchev–Trinajstić information content (AvgIpc) is 3.79. The Morgan fingerprint density at radius 3 is 2.80 bits per heavy atom. The molecule has 0 unspecified atom stereocenters. The highest BCUT2D eigenvalue weighted by molar-refractivity contribution is 5.96. The minimum absolute atomic E-state index is 0.0400. The molecule has 4 heterocycles. The molecule has 242 valence electrons. The molecular formula is C31H37F4N7O3. The molecule has 0 bridgehead atoms.